The highest BCUT2D eigenvalue weighted by Gasteiger charge is 2.28. The minimum atomic E-state index is -0.163. The van der Waals surface area contributed by atoms with Crippen molar-refractivity contribution in [3.8, 4) is 0 Å². The van der Waals surface area contributed by atoms with Gasteiger partial charge in [-0.15, -0.1) is 0 Å². The summed E-state index contributed by atoms with van der Waals surface area (Å²) in [6.07, 6.45) is 13.6. The summed E-state index contributed by atoms with van der Waals surface area (Å²) >= 11 is 0. The van der Waals surface area contributed by atoms with Crippen molar-refractivity contribution < 1.29 is 9.59 Å². The number of likely N-dealkylation sites (N-methyl/N-ethyl adjacent to an activating group) is 1. The van der Waals surface area contributed by atoms with Crippen molar-refractivity contribution in [3.05, 3.63) is 30.2 Å². The molecular formula is C21H31N5O2. The third kappa shape index (κ3) is 4.88. The lowest BCUT2D eigenvalue weighted by Crippen LogP contribution is -2.49. The number of allylic oxidation sites excluding steroid dienone is 2. The molecule has 3 rings (SSSR count). The quantitative estimate of drug-likeness (QED) is 0.728. The van der Waals surface area contributed by atoms with Gasteiger partial charge in [-0.3, -0.25) is 14.6 Å². The first-order valence-corrected chi connectivity index (χ1v) is 10.2. The Bertz CT molecular complexity index is 733. The van der Waals surface area contributed by atoms with E-state index in [0.717, 1.165) is 32.2 Å². The number of hydrogen-bond acceptors (Lipinski definition) is 5. The Kier molecular flexibility index (Phi) is 6.65. The fraction of sp³-hybridized carbons (Fsp3) is 0.619. The molecule has 2 aliphatic rings. The molecular weight excluding hydrogens is 354 g/mol. The van der Waals surface area contributed by atoms with Gasteiger partial charge in [0.2, 0.25) is 5.91 Å². The molecule has 7 nitrogen and oxygen atoms in total. The molecule has 0 radical (unpaired) electrons. The Morgan fingerprint density at radius 1 is 1.18 bits per heavy atom. The number of piperidine rings is 1. The first kappa shape index (κ1) is 20.3. The number of aromatic nitrogens is 2. The maximum absolute atomic E-state index is 12.8. The van der Waals surface area contributed by atoms with Crippen LogP contribution in [0.5, 0.6) is 0 Å². The summed E-state index contributed by atoms with van der Waals surface area (Å²) < 4.78 is 0. The molecule has 1 saturated heterocycles. The van der Waals surface area contributed by atoms with Crippen molar-refractivity contribution in [3.63, 3.8) is 0 Å². The Balaban J connectivity index is 1.64. The average Bonchev–Trinajstić information content (AvgIpc) is 2.73. The number of rotatable bonds is 5. The average molecular weight is 386 g/mol. The Hall–Kier alpha value is -2.44. The van der Waals surface area contributed by atoms with Crippen LogP contribution < -0.4 is 4.90 Å². The molecule has 0 N–H and O–H groups in total. The summed E-state index contributed by atoms with van der Waals surface area (Å²) in [6.45, 7) is 1.52. The molecule has 2 heterocycles. The highest BCUT2D eigenvalue weighted by atomic mass is 16.2. The second-order valence-corrected chi connectivity index (χ2v) is 8.03. The fourth-order valence-electron chi connectivity index (χ4n) is 3.95. The Labute approximate surface area is 167 Å². The van der Waals surface area contributed by atoms with E-state index in [-0.39, 0.29) is 17.9 Å². The van der Waals surface area contributed by atoms with Gasteiger partial charge < -0.3 is 14.7 Å². The van der Waals surface area contributed by atoms with Gasteiger partial charge in [-0.25, -0.2) is 4.98 Å². The maximum atomic E-state index is 12.8. The minimum absolute atomic E-state index is 0.163. The van der Waals surface area contributed by atoms with Gasteiger partial charge in [0.1, 0.15) is 11.5 Å². The lowest BCUT2D eigenvalue weighted by molar-refractivity contribution is -0.133. The van der Waals surface area contributed by atoms with Crippen LogP contribution in [-0.4, -0.2) is 71.9 Å². The van der Waals surface area contributed by atoms with E-state index >= 15 is 0 Å². The second-order valence-electron chi connectivity index (χ2n) is 8.03. The summed E-state index contributed by atoms with van der Waals surface area (Å²) in [7, 11) is 5.37. The van der Waals surface area contributed by atoms with E-state index in [4.69, 9.17) is 0 Å². The number of hydrogen-bond donors (Lipinski definition) is 0. The first-order chi connectivity index (χ1) is 13.5. The number of carbonyl (C=O) groups is 2. The predicted molar refractivity (Wildman–Crippen MR) is 109 cm³/mol. The molecule has 0 aromatic carbocycles. The predicted octanol–water partition coefficient (Wildman–Crippen LogP) is 2.35. The summed E-state index contributed by atoms with van der Waals surface area (Å²) in [5.41, 5.74) is 0.335. The van der Waals surface area contributed by atoms with Crippen molar-refractivity contribution in [1.29, 1.82) is 0 Å². The van der Waals surface area contributed by atoms with E-state index in [9.17, 15) is 9.59 Å². The van der Waals surface area contributed by atoms with Crippen LogP contribution in [0.3, 0.4) is 0 Å². The second kappa shape index (κ2) is 9.17. The number of likely N-dealkylation sites (tertiary alicyclic amines) is 1. The van der Waals surface area contributed by atoms with Crippen molar-refractivity contribution >= 4 is 17.6 Å². The van der Waals surface area contributed by atoms with Crippen molar-refractivity contribution in [2.45, 2.75) is 44.6 Å². The first-order valence-electron chi connectivity index (χ1n) is 10.2. The van der Waals surface area contributed by atoms with Crippen LogP contribution in [0.15, 0.2) is 24.5 Å². The third-order valence-corrected chi connectivity index (χ3v) is 5.70. The molecule has 1 fully saturated rings. The van der Waals surface area contributed by atoms with E-state index in [1.807, 2.05) is 11.9 Å². The molecule has 28 heavy (non-hydrogen) atoms. The van der Waals surface area contributed by atoms with Crippen LogP contribution in [0, 0.1) is 5.92 Å². The molecule has 0 spiro atoms. The van der Waals surface area contributed by atoms with Crippen LogP contribution in [-0.2, 0) is 4.79 Å². The lowest BCUT2D eigenvalue weighted by Gasteiger charge is -2.38. The molecule has 0 bridgehead atoms. The summed E-state index contributed by atoms with van der Waals surface area (Å²) in [5.74, 6) is 1.14. The van der Waals surface area contributed by atoms with Gasteiger partial charge in [0, 0.05) is 46.7 Å². The summed E-state index contributed by atoms with van der Waals surface area (Å²) in [6, 6.07) is 0.179. The monoisotopic (exact) mass is 385 g/mol. The summed E-state index contributed by atoms with van der Waals surface area (Å²) in [5, 5.41) is 0. The van der Waals surface area contributed by atoms with E-state index in [2.05, 4.69) is 27.0 Å². The normalized spacial score (nSPS) is 22.0. The Morgan fingerprint density at radius 2 is 2.00 bits per heavy atom. The maximum Gasteiger partial charge on any atom is 0.273 e. The smallest absolute Gasteiger partial charge is 0.273 e. The SMILES string of the molecule is CN(C)C(=O)c1cncc(N(C)C2CCCN(C(=O)CC3C=CCCC3)C2)n1. The van der Waals surface area contributed by atoms with Gasteiger partial charge in [0.05, 0.1) is 12.4 Å². The van der Waals surface area contributed by atoms with Gasteiger partial charge in [-0.1, -0.05) is 12.2 Å². The van der Waals surface area contributed by atoms with Gasteiger partial charge in [-0.2, -0.15) is 0 Å². The van der Waals surface area contributed by atoms with E-state index in [0.29, 0.717) is 30.4 Å². The van der Waals surface area contributed by atoms with Crippen LogP contribution in [0.25, 0.3) is 0 Å². The third-order valence-electron chi connectivity index (χ3n) is 5.70. The molecule has 152 valence electrons. The highest BCUT2D eigenvalue weighted by Crippen LogP contribution is 2.24. The molecule has 0 saturated carbocycles. The van der Waals surface area contributed by atoms with Crippen molar-refractivity contribution in [2.75, 3.05) is 39.1 Å². The molecule has 1 aromatic heterocycles. The molecule has 2 unspecified atom stereocenters. The lowest BCUT2D eigenvalue weighted by atomic mass is 9.92. The van der Waals surface area contributed by atoms with Crippen LogP contribution >= 0.6 is 0 Å². The molecule has 1 aromatic rings. The molecule has 2 atom stereocenters. The van der Waals surface area contributed by atoms with Crippen LogP contribution in [0.4, 0.5) is 5.82 Å². The van der Waals surface area contributed by atoms with Gasteiger partial charge in [-0.05, 0) is 38.0 Å². The molecule has 1 aliphatic carbocycles. The van der Waals surface area contributed by atoms with Crippen molar-refractivity contribution in [2.24, 2.45) is 5.92 Å². The largest absolute Gasteiger partial charge is 0.354 e. The summed E-state index contributed by atoms with van der Waals surface area (Å²) in [4.78, 5) is 39.2. The van der Waals surface area contributed by atoms with Gasteiger partial charge >= 0.3 is 0 Å². The number of amides is 2. The van der Waals surface area contributed by atoms with Gasteiger partial charge in [0.15, 0.2) is 0 Å². The van der Waals surface area contributed by atoms with Crippen LogP contribution in [0.2, 0.25) is 0 Å². The number of anilines is 1. The molecule has 1 aliphatic heterocycles. The van der Waals surface area contributed by atoms with Crippen molar-refractivity contribution in [1.82, 2.24) is 19.8 Å². The standard InChI is InChI=1S/C21H31N5O2/c1-24(2)21(28)18-13-22-14-19(23-18)25(3)17-10-7-11-26(15-17)20(27)12-16-8-5-4-6-9-16/h5,8,13-14,16-17H,4,6-7,9-12,15H2,1-3H3. The zero-order chi connectivity index (χ0) is 20.1. The molecule has 7 heteroatoms. The van der Waals surface area contributed by atoms with E-state index < -0.39 is 0 Å². The Morgan fingerprint density at radius 3 is 2.71 bits per heavy atom. The topological polar surface area (TPSA) is 69.6 Å². The highest BCUT2D eigenvalue weighted by molar-refractivity contribution is 5.91. The zero-order valence-electron chi connectivity index (χ0n) is 17.2. The van der Waals surface area contributed by atoms with E-state index in [1.54, 1.807) is 20.3 Å². The zero-order valence-corrected chi connectivity index (χ0v) is 17.2. The molecule has 2 amide bonds. The van der Waals surface area contributed by atoms with Gasteiger partial charge in [0.25, 0.3) is 5.91 Å². The number of carbonyl (C=O) groups excluding carboxylic acids is 2. The fourth-order valence-corrected chi connectivity index (χ4v) is 3.95. The number of nitrogens with zero attached hydrogens (tertiary/aromatic N) is 5. The minimum Gasteiger partial charge on any atom is -0.354 e. The van der Waals surface area contributed by atoms with Crippen LogP contribution in [0.1, 0.15) is 49.0 Å². The van der Waals surface area contributed by atoms with E-state index in [1.165, 1.54) is 17.5 Å².